The van der Waals surface area contributed by atoms with E-state index in [1.165, 1.54) is 7.11 Å². The molecule has 2 fully saturated rings. The molecule has 0 unspecified atom stereocenters. The number of urea groups is 1. The van der Waals surface area contributed by atoms with Crippen LogP contribution in [0.25, 0.3) is 0 Å². The molecule has 6 heteroatoms. The first kappa shape index (κ1) is 18.0. The SMILES string of the molecule is COC(=O)[C@H]1CP2(C)(C)N(C)C(=O)N2C1(c1ccccc1)c1ccccc1. The summed E-state index contributed by atoms with van der Waals surface area (Å²) in [7, 11) is 3.28. The number of hydrogen-bond donors (Lipinski definition) is 0. The van der Waals surface area contributed by atoms with E-state index in [1.54, 1.807) is 0 Å². The fourth-order valence-corrected chi connectivity index (χ4v) is 9.71. The standard InChI is InChI=1S/C21H25N2O3P/c1-22-20(25)23-21(16-11-7-5-8-12-16,17-13-9-6-10-14-17)18(19(24)26-2)15-27(22,23,3)4/h5-14,18H,15H2,1-4H3/t18-/m1/s1. The normalized spacial score (nSPS) is 25.7. The number of amides is 2. The Morgan fingerprint density at radius 1 is 1.04 bits per heavy atom. The number of benzene rings is 2. The molecule has 2 heterocycles. The van der Waals surface area contributed by atoms with Crippen molar-refractivity contribution in [3.05, 3.63) is 71.8 Å². The molecule has 0 radical (unpaired) electrons. The third kappa shape index (κ3) is 2.03. The van der Waals surface area contributed by atoms with Crippen LogP contribution < -0.4 is 0 Å². The summed E-state index contributed by atoms with van der Waals surface area (Å²) in [6.45, 7) is 1.58. The van der Waals surface area contributed by atoms with E-state index in [-0.39, 0.29) is 12.0 Å². The second-order valence-corrected chi connectivity index (χ2v) is 14.0. The predicted molar refractivity (Wildman–Crippen MR) is 108 cm³/mol. The molecule has 2 saturated heterocycles. The minimum absolute atomic E-state index is 0.0308. The molecular weight excluding hydrogens is 359 g/mol. The maximum atomic E-state index is 13.2. The number of carbonyl (C=O) groups excluding carboxylic acids is 2. The fraction of sp³-hybridized carbons (Fsp3) is 0.333. The molecule has 0 aliphatic carbocycles. The van der Waals surface area contributed by atoms with Crippen LogP contribution in [0.4, 0.5) is 4.79 Å². The molecule has 27 heavy (non-hydrogen) atoms. The van der Waals surface area contributed by atoms with Crippen molar-refractivity contribution >= 4 is 18.9 Å². The van der Waals surface area contributed by atoms with Crippen LogP contribution in [-0.2, 0) is 15.1 Å². The van der Waals surface area contributed by atoms with Crippen molar-refractivity contribution in [2.75, 3.05) is 33.6 Å². The molecule has 0 bridgehead atoms. The van der Waals surface area contributed by atoms with Crippen LogP contribution >= 0.6 is 6.90 Å². The number of nitrogens with zero attached hydrogens (tertiary/aromatic N) is 2. The molecular formula is C21H25N2O3P. The molecule has 0 N–H and O–H groups in total. The van der Waals surface area contributed by atoms with Crippen molar-refractivity contribution < 1.29 is 14.3 Å². The van der Waals surface area contributed by atoms with Crippen molar-refractivity contribution in [1.82, 2.24) is 9.34 Å². The van der Waals surface area contributed by atoms with Crippen LogP contribution in [0.1, 0.15) is 11.1 Å². The van der Waals surface area contributed by atoms with Gasteiger partial charge in [-0.1, -0.05) is 0 Å². The monoisotopic (exact) mass is 384 g/mol. The van der Waals surface area contributed by atoms with E-state index in [1.807, 2.05) is 77.1 Å². The van der Waals surface area contributed by atoms with Gasteiger partial charge in [0.25, 0.3) is 0 Å². The zero-order chi connectivity index (χ0) is 19.5. The first-order valence-electron chi connectivity index (χ1n) is 9.06. The number of ether oxygens (including phenoxy) is 1. The molecule has 2 aromatic rings. The zero-order valence-corrected chi connectivity index (χ0v) is 17.0. The van der Waals surface area contributed by atoms with Gasteiger partial charge >= 0.3 is 159 Å². The van der Waals surface area contributed by atoms with Crippen LogP contribution in [0.5, 0.6) is 0 Å². The summed E-state index contributed by atoms with van der Waals surface area (Å²) in [5, 5.41) is 0. The van der Waals surface area contributed by atoms with E-state index in [2.05, 4.69) is 13.3 Å². The van der Waals surface area contributed by atoms with Gasteiger partial charge in [0.05, 0.1) is 0 Å². The van der Waals surface area contributed by atoms with Gasteiger partial charge in [0.2, 0.25) is 0 Å². The summed E-state index contributed by atoms with van der Waals surface area (Å²) >= 11 is 0. The van der Waals surface area contributed by atoms with Gasteiger partial charge in [0.1, 0.15) is 0 Å². The molecule has 2 aliphatic heterocycles. The third-order valence-electron chi connectivity index (χ3n) is 6.50. The van der Waals surface area contributed by atoms with Crippen LogP contribution in [-0.4, -0.2) is 55.0 Å². The van der Waals surface area contributed by atoms with Crippen molar-refractivity contribution in [3.63, 3.8) is 0 Å². The number of methoxy groups -OCH3 is 1. The second-order valence-electron chi connectivity index (χ2n) is 8.13. The molecule has 4 rings (SSSR count). The molecule has 0 aromatic heterocycles. The van der Waals surface area contributed by atoms with Gasteiger partial charge in [0.15, 0.2) is 0 Å². The van der Waals surface area contributed by atoms with Crippen molar-refractivity contribution in [1.29, 1.82) is 0 Å². The summed E-state index contributed by atoms with van der Waals surface area (Å²) in [6.07, 6.45) is 0.615. The molecule has 2 amide bonds. The van der Waals surface area contributed by atoms with Gasteiger partial charge in [-0.25, -0.2) is 0 Å². The maximum absolute atomic E-state index is 13.2. The van der Waals surface area contributed by atoms with Gasteiger partial charge in [-0.2, -0.15) is 0 Å². The predicted octanol–water partition coefficient (Wildman–Crippen LogP) is 3.74. The Bertz CT molecular complexity index is 874. The summed E-state index contributed by atoms with van der Waals surface area (Å²) in [5.41, 5.74) is 1.03. The number of carbonyl (C=O) groups is 2. The Kier molecular flexibility index (Phi) is 3.70. The van der Waals surface area contributed by atoms with E-state index in [0.29, 0.717) is 6.16 Å². The number of fused-ring (bicyclic) bond motifs is 1. The summed E-state index contributed by atoms with van der Waals surface area (Å²) < 4.78 is 9.13. The Balaban J connectivity index is 2.09. The second kappa shape index (κ2) is 5.56. The topological polar surface area (TPSA) is 49.9 Å². The Morgan fingerprint density at radius 2 is 1.52 bits per heavy atom. The minimum atomic E-state index is -2.75. The van der Waals surface area contributed by atoms with Crippen molar-refractivity contribution in [3.8, 4) is 0 Å². The zero-order valence-electron chi connectivity index (χ0n) is 16.1. The van der Waals surface area contributed by atoms with Gasteiger partial charge in [-0.15, -0.1) is 0 Å². The fourth-order valence-electron chi connectivity index (χ4n) is 5.02. The van der Waals surface area contributed by atoms with Crippen molar-refractivity contribution in [2.24, 2.45) is 5.92 Å². The number of esters is 1. The van der Waals surface area contributed by atoms with Crippen LogP contribution in [0.3, 0.4) is 0 Å². The number of hydrogen-bond acceptors (Lipinski definition) is 3. The molecule has 5 nitrogen and oxygen atoms in total. The van der Waals surface area contributed by atoms with E-state index >= 15 is 0 Å². The first-order chi connectivity index (χ1) is 12.8. The summed E-state index contributed by atoms with van der Waals surface area (Å²) in [6, 6.07) is 19.7. The Morgan fingerprint density at radius 3 is 1.96 bits per heavy atom. The first-order valence-corrected chi connectivity index (χ1v) is 12.3. The summed E-state index contributed by atoms with van der Waals surface area (Å²) in [4.78, 5) is 26.2. The quantitative estimate of drug-likeness (QED) is 0.598. The van der Waals surface area contributed by atoms with Gasteiger partial charge in [-0.3, -0.25) is 0 Å². The van der Waals surface area contributed by atoms with Gasteiger partial charge < -0.3 is 0 Å². The Labute approximate surface area is 159 Å². The average Bonchev–Trinajstić information content (AvgIpc) is 2.92. The van der Waals surface area contributed by atoms with Crippen LogP contribution in [0, 0.1) is 5.92 Å². The van der Waals surface area contributed by atoms with E-state index in [4.69, 9.17) is 4.74 Å². The van der Waals surface area contributed by atoms with E-state index in [9.17, 15) is 9.59 Å². The molecule has 142 valence electrons. The van der Waals surface area contributed by atoms with Gasteiger partial charge in [-0.05, 0) is 0 Å². The van der Waals surface area contributed by atoms with Crippen molar-refractivity contribution in [2.45, 2.75) is 5.54 Å². The summed E-state index contributed by atoms with van der Waals surface area (Å²) in [5.74, 6) is -0.736. The number of rotatable bonds is 3. The molecule has 0 saturated carbocycles. The van der Waals surface area contributed by atoms with Crippen LogP contribution in [0.15, 0.2) is 60.7 Å². The Hall–Kier alpha value is -2.39. The third-order valence-corrected chi connectivity index (χ3v) is 11.7. The molecule has 1 atom stereocenters. The van der Waals surface area contributed by atoms with Gasteiger partial charge in [0, 0.05) is 0 Å². The molecule has 0 spiro atoms. The molecule has 2 aliphatic rings. The average molecular weight is 384 g/mol. The van der Waals surface area contributed by atoms with Crippen LogP contribution in [0.2, 0.25) is 0 Å². The van der Waals surface area contributed by atoms with E-state index in [0.717, 1.165) is 11.1 Å². The van der Waals surface area contributed by atoms with E-state index < -0.39 is 18.4 Å². The molecule has 2 aromatic carbocycles.